The molecule has 88 valence electrons. The van der Waals surface area contributed by atoms with E-state index >= 15 is 0 Å². The topological polar surface area (TPSA) is 32.3 Å². The maximum Gasteiger partial charge on any atom is 0.236 e. The summed E-state index contributed by atoms with van der Waals surface area (Å²) in [5.74, 6) is 3.49. The van der Waals surface area contributed by atoms with E-state index in [-0.39, 0.29) is 5.91 Å². The fourth-order valence-electron chi connectivity index (χ4n) is 3.11. The summed E-state index contributed by atoms with van der Waals surface area (Å²) in [6, 6.07) is 0.522. The van der Waals surface area contributed by atoms with E-state index in [4.69, 9.17) is 6.42 Å². The zero-order valence-corrected chi connectivity index (χ0v) is 9.74. The fourth-order valence-corrected chi connectivity index (χ4v) is 3.11. The van der Waals surface area contributed by atoms with Gasteiger partial charge in [0.25, 0.3) is 0 Å². The summed E-state index contributed by atoms with van der Waals surface area (Å²) in [6.45, 7) is 1.82. The summed E-state index contributed by atoms with van der Waals surface area (Å²) in [6.07, 6.45) is 11.4. The third kappa shape index (κ3) is 2.38. The first-order valence-electron chi connectivity index (χ1n) is 6.26. The van der Waals surface area contributed by atoms with Crippen LogP contribution in [0.4, 0.5) is 0 Å². The van der Waals surface area contributed by atoms with Gasteiger partial charge in [0, 0.05) is 12.6 Å². The lowest BCUT2D eigenvalue weighted by molar-refractivity contribution is -0.134. The molecule has 1 aliphatic heterocycles. The second-order valence-corrected chi connectivity index (χ2v) is 4.80. The van der Waals surface area contributed by atoms with Crippen molar-refractivity contribution in [1.82, 2.24) is 10.2 Å². The van der Waals surface area contributed by atoms with Crippen LogP contribution in [-0.2, 0) is 4.79 Å². The zero-order valence-electron chi connectivity index (χ0n) is 9.74. The van der Waals surface area contributed by atoms with Crippen LogP contribution in [0.25, 0.3) is 0 Å². The van der Waals surface area contributed by atoms with Crippen molar-refractivity contribution in [3.05, 3.63) is 0 Å². The van der Waals surface area contributed by atoms with Crippen molar-refractivity contribution in [3.8, 4) is 12.3 Å². The molecule has 1 saturated carbocycles. The highest BCUT2D eigenvalue weighted by Crippen LogP contribution is 2.36. The summed E-state index contributed by atoms with van der Waals surface area (Å²) in [5.41, 5.74) is 0. The Bertz CT molecular complexity index is 295. The molecule has 2 aliphatic rings. The number of hydrogen-bond acceptors (Lipinski definition) is 2. The minimum atomic E-state index is 0.229. The molecule has 1 saturated heterocycles. The zero-order chi connectivity index (χ0) is 11.4. The quantitative estimate of drug-likeness (QED) is 0.568. The number of likely N-dealkylation sites (tertiary alicyclic amines) is 1. The molecule has 2 fully saturated rings. The number of hydrogen-bond donors (Lipinski definition) is 1. The number of terminal acetylenes is 1. The number of piperidine rings is 1. The lowest BCUT2D eigenvalue weighted by Crippen LogP contribution is -2.49. The molecule has 2 unspecified atom stereocenters. The van der Waals surface area contributed by atoms with Crippen molar-refractivity contribution in [1.29, 1.82) is 0 Å². The molecule has 0 radical (unpaired) electrons. The van der Waals surface area contributed by atoms with Crippen LogP contribution in [0.2, 0.25) is 0 Å². The third-order valence-corrected chi connectivity index (χ3v) is 3.82. The average molecular weight is 220 g/mol. The van der Waals surface area contributed by atoms with Crippen LogP contribution in [0.15, 0.2) is 0 Å². The van der Waals surface area contributed by atoms with Crippen LogP contribution in [0.1, 0.15) is 32.1 Å². The predicted molar refractivity (Wildman–Crippen MR) is 63.8 cm³/mol. The summed E-state index contributed by atoms with van der Waals surface area (Å²) in [7, 11) is 0. The van der Waals surface area contributed by atoms with Crippen molar-refractivity contribution in [3.63, 3.8) is 0 Å². The number of carbonyl (C=O) groups excluding carboxylic acids is 1. The van der Waals surface area contributed by atoms with Gasteiger partial charge in [0.05, 0.1) is 13.1 Å². The number of carbonyl (C=O) groups is 1. The molecule has 1 heterocycles. The van der Waals surface area contributed by atoms with Gasteiger partial charge < -0.3 is 4.90 Å². The SMILES string of the molecule is C#CCNCC(=O)N1CCCC2CCCC21. The van der Waals surface area contributed by atoms with E-state index in [9.17, 15) is 4.79 Å². The Morgan fingerprint density at radius 2 is 2.19 bits per heavy atom. The van der Waals surface area contributed by atoms with Crippen molar-refractivity contribution >= 4 is 5.91 Å². The number of rotatable bonds is 3. The largest absolute Gasteiger partial charge is 0.338 e. The summed E-state index contributed by atoms with van der Waals surface area (Å²) in [4.78, 5) is 14.1. The number of nitrogens with one attached hydrogen (secondary N) is 1. The van der Waals surface area contributed by atoms with Crippen LogP contribution in [0, 0.1) is 18.3 Å². The molecule has 3 nitrogen and oxygen atoms in total. The second kappa shape index (κ2) is 5.36. The molecule has 2 rings (SSSR count). The first-order chi connectivity index (χ1) is 7.83. The maximum atomic E-state index is 12.0. The van der Waals surface area contributed by atoms with Gasteiger partial charge in [0.1, 0.15) is 0 Å². The summed E-state index contributed by atoms with van der Waals surface area (Å²) >= 11 is 0. The number of nitrogens with zero attached hydrogens (tertiary/aromatic N) is 1. The van der Waals surface area contributed by atoms with Crippen LogP contribution >= 0.6 is 0 Å². The Morgan fingerprint density at radius 3 is 3.00 bits per heavy atom. The molecule has 0 spiro atoms. The van der Waals surface area contributed by atoms with Gasteiger partial charge in [-0.25, -0.2) is 0 Å². The van der Waals surface area contributed by atoms with Gasteiger partial charge in [-0.1, -0.05) is 12.3 Å². The third-order valence-electron chi connectivity index (χ3n) is 3.82. The Hall–Kier alpha value is -1.01. The standard InChI is InChI=1S/C13H20N2O/c1-2-8-14-10-13(16)15-9-4-6-11-5-3-7-12(11)15/h1,11-12,14H,3-10H2. The van der Waals surface area contributed by atoms with Crippen molar-refractivity contribution in [2.45, 2.75) is 38.1 Å². The van der Waals surface area contributed by atoms with E-state index in [1.54, 1.807) is 0 Å². The molecular weight excluding hydrogens is 200 g/mol. The minimum Gasteiger partial charge on any atom is -0.338 e. The van der Waals surface area contributed by atoms with E-state index in [1.807, 2.05) is 0 Å². The normalized spacial score (nSPS) is 28.6. The molecule has 0 aromatic rings. The summed E-state index contributed by atoms with van der Waals surface area (Å²) < 4.78 is 0. The van der Waals surface area contributed by atoms with Gasteiger partial charge in [-0.15, -0.1) is 6.42 Å². The average Bonchev–Trinajstić information content (AvgIpc) is 2.76. The molecule has 1 amide bonds. The lowest BCUT2D eigenvalue weighted by atomic mass is 9.92. The van der Waals surface area contributed by atoms with Crippen LogP contribution in [0.5, 0.6) is 0 Å². The molecule has 0 bridgehead atoms. The maximum absolute atomic E-state index is 12.0. The number of fused-ring (bicyclic) bond motifs is 1. The molecule has 1 aliphatic carbocycles. The first kappa shape index (κ1) is 11.5. The van der Waals surface area contributed by atoms with E-state index < -0.39 is 0 Å². The molecule has 16 heavy (non-hydrogen) atoms. The van der Waals surface area contributed by atoms with Gasteiger partial charge in [-0.2, -0.15) is 0 Å². The molecular formula is C13H20N2O. The number of amides is 1. The van der Waals surface area contributed by atoms with Crippen LogP contribution < -0.4 is 5.32 Å². The van der Waals surface area contributed by atoms with Gasteiger partial charge in [0.2, 0.25) is 5.91 Å². The lowest BCUT2D eigenvalue weighted by Gasteiger charge is -2.37. The van der Waals surface area contributed by atoms with Crippen LogP contribution in [-0.4, -0.2) is 36.5 Å². The monoisotopic (exact) mass is 220 g/mol. The van der Waals surface area contributed by atoms with Gasteiger partial charge in [-0.05, 0) is 31.6 Å². The Morgan fingerprint density at radius 1 is 1.38 bits per heavy atom. The highest BCUT2D eigenvalue weighted by atomic mass is 16.2. The molecule has 3 heteroatoms. The van der Waals surface area contributed by atoms with Crippen molar-refractivity contribution in [2.24, 2.45) is 5.92 Å². The summed E-state index contributed by atoms with van der Waals surface area (Å²) in [5, 5.41) is 2.98. The Labute approximate surface area is 97.6 Å². The molecule has 2 atom stereocenters. The van der Waals surface area contributed by atoms with Gasteiger partial charge in [0.15, 0.2) is 0 Å². The van der Waals surface area contributed by atoms with Crippen LogP contribution in [0.3, 0.4) is 0 Å². The molecule has 0 aromatic carbocycles. The van der Waals surface area contributed by atoms with E-state index in [1.165, 1.54) is 32.1 Å². The smallest absolute Gasteiger partial charge is 0.236 e. The van der Waals surface area contributed by atoms with Crippen molar-refractivity contribution < 1.29 is 4.79 Å². The minimum absolute atomic E-state index is 0.229. The van der Waals surface area contributed by atoms with E-state index in [0.29, 0.717) is 19.1 Å². The second-order valence-electron chi connectivity index (χ2n) is 4.80. The Balaban J connectivity index is 1.87. The predicted octanol–water partition coefficient (Wildman–Crippen LogP) is 1.00. The highest BCUT2D eigenvalue weighted by molar-refractivity contribution is 5.78. The molecule has 1 N–H and O–H groups in total. The first-order valence-corrected chi connectivity index (χ1v) is 6.26. The van der Waals surface area contributed by atoms with Crippen molar-refractivity contribution in [2.75, 3.05) is 19.6 Å². The van der Waals surface area contributed by atoms with Gasteiger partial charge >= 0.3 is 0 Å². The fraction of sp³-hybridized carbons (Fsp3) is 0.769. The molecule has 0 aromatic heterocycles. The van der Waals surface area contributed by atoms with Gasteiger partial charge in [-0.3, -0.25) is 10.1 Å². The highest BCUT2D eigenvalue weighted by Gasteiger charge is 2.36. The Kier molecular flexibility index (Phi) is 3.84. The van der Waals surface area contributed by atoms with E-state index in [2.05, 4.69) is 16.1 Å². The van der Waals surface area contributed by atoms with E-state index in [0.717, 1.165) is 12.5 Å².